The van der Waals surface area contributed by atoms with E-state index in [0.29, 0.717) is 0 Å². The van der Waals surface area contributed by atoms with Gasteiger partial charge in [-0.2, -0.15) is 0 Å². The van der Waals surface area contributed by atoms with Gasteiger partial charge in [-0.3, -0.25) is 14.5 Å². The number of hydrogen-bond acceptors (Lipinski definition) is 5. The van der Waals surface area contributed by atoms with Crippen molar-refractivity contribution < 1.29 is 19.1 Å². The number of carbonyl (C=O) groups excluding carboxylic acids is 2. The van der Waals surface area contributed by atoms with Crippen LogP contribution in [-0.4, -0.2) is 38.1 Å². The fraction of sp³-hybridized carbons (Fsp3) is 0.333. The second-order valence-corrected chi connectivity index (χ2v) is 6.47. The van der Waals surface area contributed by atoms with Gasteiger partial charge < -0.3 is 9.47 Å². The van der Waals surface area contributed by atoms with Crippen molar-refractivity contribution in [2.75, 3.05) is 21.3 Å². The van der Waals surface area contributed by atoms with Gasteiger partial charge in [-0.15, -0.1) is 0 Å². The first-order valence-corrected chi connectivity index (χ1v) is 8.57. The average Bonchev–Trinajstić information content (AvgIpc) is 3.01. The first-order chi connectivity index (χ1) is 12.6. The Morgan fingerprint density at radius 3 is 1.38 bits per heavy atom. The number of carbonyl (C=O) groups is 2. The highest BCUT2D eigenvalue weighted by molar-refractivity contribution is 5.84. The highest BCUT2D eigenvalue weighted by Gasteiger charge is 2.55. The summed E-state index contributed by atoms with van der Waals surface area (Å²) in [5.74, 6) is -2.10. The molecule has 1 fully saturated rings. The molecule has 1 aliphatic rings. The molecule has 4 atom stereocenters. The Morgan fingerprint density at radius 2 is 1.08 bits per heavy atom. The summed E-state index contributed by atoms with van der Waals surface area (Å²) in [5.41, 5.74) is 1.94. The molecule has 0 amide bonds. The molecule has 0 bridgehead atoms. The summed E-state index contributed by atoms with van der Waals surface area (Å²) in [7, 11) is 4.65. The number of ether oxygens (including phenoxy) is 2. The molecule has 2 aromatic carbocycles. The van der Waals surface area contributed by atoms with Crippen LogP contribution in [0.4, 0.5) is 0 Å². The second kappa shape index (κ2) is 7.70. The van der Waals surface area contributed by atoms with Crippen LogP contribution in [0, 0.1) is 11.8 Å². The standard InChI is InChI=1S/C21H23NO4/c1-22-18(14-10-6-4-7-11-14)16(20(23)25-2)17(21(24)26-3)19(22)15-12-8-5-9-13-15/h4-13,16-19H,1-3H3/t16-,17-,18+,19+/m1/s1. The molecule has 0 aliphatic carbocycles. The van der Waals surface area contributed by atoms with E-state index >= 15 is 0 Å². The number of likely N-dealkylation sites (tertiary alicyclic amines) is 1. The van der Waals surface area contributed by atoms with Crippen molar-refractivity contribution in [3.63, 3.8) is 0 Å². The molecule has 1 heterocycles. The Balaban J connectivity index is 2.15. The van der Waals surface area contributed by atoms with Gasteiger partial charge in [0, 0.05) is 12.1 Å². The van der Waals surface area contributed by atoms with Crippen molar-refractivity contribution in [3.05, 3.63) is 71.8 Å². The molecule has 1 saturated heterocycles. The maximum atomic E-state index is 12.7. The van der Waals surface area contributed by atoms with E-state index in [1.165, 1.54) is 14.2 Å². The third-order valence-corrected chi connectivity index (χ3v) is 5.17. The minimum atomic E-state index is -0.648. The highest BCUT2D eigenvalue weighted by atomic mass is 16.5. The summed E-state index contributed by atoms with van der Waals surface area (Å²) in [6.45, 7) is 0. The van der Waals surface area contributed by atoms with Gasteiger partial charge in [-0.1, -0.05) is 60.7 Å². The van der Waals surface area contributed by atoms with Crippen molar-refractivity contribution in [3.8, 4) is 0 Å². The molecule has 136 valence electrons. The van der Waals surface area contributed by atoms with E-state index in [2.05, 4.69) is 4.90 Å². The Morgan fingerprint density at radius 1 is 0.731 bits per heavy atom. The van der Waals surface area contributed by atoms with Crippen LogP contribution in [0.25, 0.3) is 0 Å². The number of nitrogens with zero attached hydrogens (tertiary/aromatic N) is 1. The van der Waals surface area contributed by atoms with Crippen molar-refractivity contribution in [1.29, 1.82) is 0 Å². The Hall–Kier alpha value is -2.66. The number of benzene rings is 2. The van der Waals surface area contributed by atoms with Gasteiger partial charge in [-0.25, -0.2) is 0 Å². The number of esters is 2. The average molecular weight is 353 g/mol. The number of rotatable bonds is 4. The third-order valence-electron chi connectivity index (χ3n) is 5.17. The molecule has 0 saturated carbocycles. The summed E-state index contributed by atoms with van der Waals surface area (Å²) >= 11 is 0. The van der Waals surface area contributed by atoms with Crippen LogP contribution < -0.4 is 0 Å². The van der Waals surface area contributed by atoms with Crippen molar-refractivity contribution in [1.82, 2.24) is 4.90 Å². The van der Waals surface area contributed by atoms with Gasteiger partial charge in [0.05, 0.1) is 26.1 Å². The zero-order valence-electron chi connectivity index (χ0n) is 15.2. The van der Waals surface area contributed by atoms with Crippen LogP contribution in [0.15, 0.2) is 60.7 Å². The normalized spacial score (nSPS) is 25.7. The molecular formula is C21H23NO4. The predicted octanol–water partition coefficient (Wildman–Crippen LogP) is 2.99. The smallest absolute Gasteiger partial charge is 0.311 e. The zero-order chi connectivity index (χ0) is 18.7. The molecular weight excluding hydrogens is 330 g/mol. The lowest BCUT2D eigenvalue weighted by atomic mass is 9.82. The first kappa shape index (κ1) is 18.1. The van der Waals surface area contributed by atoms with Crippen LogP contribution in [-0.2, 0) is 19.1 Å². The topological polar surface area (TPSA) is 55.8 Å². The van der Waals surface area contributed by atoms with Crippen LogP contribution in [0.1, 0.15) is 23.2 Å². The van der Waals surface area contributed by atoms with Crippen molar-refractivity contribution in [2.45, 2.75) is 12.1 Å². The zero-order valence-corrected chi connectivity index (χ0v) is 15.2. The van der Waals surface area contributed by atoms with Crippen molar-refractivity contribution >= 4 is 11.9 Å². The molecule has 1 aliphatic heterocycles. The highest BCUT2D eigenvalue weighted by Crippen LogP contribution is 2.51. The van der Waals surface area contributed by atoms with E-state index < -0.39 is 23.8 Å². The van der Waals surface area contributed by atoms with Crippen LogP contribution in [0.2, 0.25) is 0 Å². The molecule has 0 unspecified atom stereocenters. The molecule has 0 aromatic heterocycles. The van der Waals surface area contributed by atoms with Gasteiger partial charge in [0.1, 0.15) is 0 Å². The lowest BCUT2D eigenvalue weighted by Gasteiger charge is -2.27. The first-order valence-electron chi connectivity index (χ1n) is 8.57. The minimum Gasteiger partial charge on any atom is -0.469 e. The Labute approximate surface area is 153 Å². The Kier molecular flexibility index (Phi) is 5.38. The monoisotopic (exact) mass is 353 g/mol. The lowest BCUT2D eigenvalue weighted by molar-refractivity contribution is -0.157. The SMILES string of the molecule is COC(=O)[C@@H]1[C@@H](C(=O)OC)[C@H](c2ccccc2)N(C)[C@H]1c1ccccc1. The fourth-order valence-electron chi connectivity index (χ4n) is 4.08. The van der Waals surface area contributed by atoms with E-state index in [9.17, 15) is 9.59 Å². The maximum absolute atomic E-state index is 12.7. The van der Waals surface area contributed by atoms with Gasteiger partial charge in [0.25, 0.3) is 0 Å². The van der Waals surface area contributed by atoms with Gasteiger partial charge in [0.2, 0.25) is 0 Å². The molecule has 2 aromatic rings. The molecule has 0 radical (unpaired) electrons. The quantitative estimate of drug-likeness (QED) is 0.791. The van der Waals surface area contributed by atoms with Gasteiger partial charge in [0.15, 0.2) is 0 Å². The van der Waals surface area contributed by atoms with E-state index in [-0.39, 0.29) is 12.1 Å². The van der Waals surface area contributed by atoms with Crippen LogP contribution in [0.5, 0.6) is 0 Å². The second-order valence-electron chi connectivity index (χ2n) is 6.47. The lowest BCUT2D eigenvalue weighted by Crippen LogP contribution is -2.32. The molecule has 5 nitrogen and oxygen atoms in total. The maximum Gasteiger partial charge on any atom is 0.311 e. The summed E-state index contributed by atoms with van der Waals surface area (Å²) in [6, 6.07) is 18.9. The Bertz CT molecular complexity index is 697. The van der Waals surface area contributed by atoms with Crippen molar-refractivity contribution in [2.24, 2.45) is 11.8 Å². The largest absolute Gasteiger partial charge is 0.469 e. The molecule has 26 heavy (non-hydrogen) atoms. The summed E-state index contributed by atoms with van der Waals surface area (Å²) < 4.78 is 10.1. The summed E-state index contributed by atoms with van der Waals surface area (Å²) in [6.07, 6.45) is 0. The molecule has 0 N–H and O–H groups in total. The van der Waals surface area contributed by atoms with Gasteiger partial charge >= 0.3 is 11.9 Å². The number of hydrogen-bond donors (Lipinski definition) is 0. The van der Waals surface area contributed by atoms with Gasteiger partial charge in [-0.05, 0) is 18.2 Å². The fourth-order valence-corrected chi connectivity index (χ4v) is 4.08. The van der Waals surface area contributed by atoms with E-state index in [0.717, 1.165) is 11.1 Å². The van der Waals surface area contributed by atoms with Crippen LogP contribution in [0.3, 0.4) is 0 Å². The predicted molar refractivity (Wildman–Crippen MR) is 97.1 cm³/mol. The third kappa shape index (κ3) is 3.10. The summed E-state index contributed by atoms with van der Waals surface area (Å²) in [5, 5.41) is 0. The van der Waals surface area contributed by atoms with E-state index in [4.69, 9.17) is 9.47 Å². The molecule has 0 spiro atoms. The number of methoxy groups -OCH3 is 2. The minimum absolute atomic E-state index is 0.280. The summed E-state index contributed by atoms with van der Waals surface area (Å²) in [4.78, 5) is 27.5. The van der Waals surface area contributed by atoms with E-state index in [1.807, 2.05) is 67.7 Å². The van der Waals surface area contributed by atoms with E-state index in [1.54, 1.807) is 0 Å². The molecule has 5 heteroatoms. The van der Waals surface area contributed by atoms with Crippen LogP contribution >= 0.6 is 0 Å². The molecule has 3 rings (SSSR count).